The molecule has 0 saturated carbocycles. The molecule has 0 saturated heterocycles. The van der Waals surface area contributed by atoms with Crippen molar-refractivity contribution in [2.75, 3.05) is 13.2 Å². The van der Waals surface area contributed by atoms with E-state index < -0.39 is 24.3 Å². The first kappa shape index (κ1) is 16.9. The van der Waals surface area contributed by atoms with Crippen LogP contribution in [0.2, 0.25) is 0 Å². The number of halogens is 1. The monoisotopic (exact) mass is 352 g/mol. The van der Waals surface area contributed by atoms with Crippen molar-refractivity contribution in [1.82, 2.24) is 0 Å². The van der Waals surface area contributed by atoms with Crippen molar-refractivity contribution >= 4 is 33.4 Å². The largest absolute Gasteiger partial charge is 0.482 e. The Balaban J connectivity index is 2.38. The van der Waals surface area contributed by atoms with Crippen molar-refractivity contribution in [3.8, 4) is 11.8 Å². The number of ether oxygens (including phenoxy) is 2. The number of nitriles is 1. The van der Waals surface area contributed by atoms with E-state index in [2.05, 4.69) is 15.9 Å². The van der Waals surface area contributed by atoms with Crippen LogP contribution in [-0.2, 0) is 14.3 Å². The summed E-state index contributed by atoms with van der Waals surface area (Å²) in [6.07, 6.45) is 0. The van der Waals surface area contributed by atoms with Gasteiger partial charge in [-0.25, -0.2) is 4.79 Å². The first-order valence-corrected chi connectivity index (χ1v) is 6.74. The summed E-state index contributed by atoms with van der Waals surface area (Å²) in [5, 5.41) is 16.0. The predicted octanol–water partition coefficient (Wildman–Crippen LogP) is 2.12. The van der Waals surface area contributed by atoms with Gasteiger partial charge >= 0.3 is 5.97 Å². The molecule has 1 aromatic rings. The molecule has 0 amide bonds. The van der Waals surface area contributed by atoms with Gasteiger partial charge in [-0.05, 0) is 31.2 Å². The van der Waals surface area contributed by atoms with Crippen LogP contribution in [0.25, 0.3) is 0 Å². The van der Waals surface area contributed by atoms with Crippen LogP contribution in [0.5, 0.6) is 5.75 Å². The Bertz CT molecular complexity index is 578. The summed E-state index contributed by atoms with van der Waals surface area (Å²) in [6, 6.07) is 8.55. The number of benzene rings is 1. The van der Waals surface area contributed by atoms with Crippen LogP contribution in [0.4, 0.5) is 0 Å². The number of esters is 1. The van der Waals surface area contributed by atoms with Gasteiger partial charge in [0, 0.05) is 10.2 Å². The number of carbonyl (C=O) groups excluding carboxylic acids is 2. The van der Waals surface area contributed by atoms with E-state index in [0.29, 0.717) is 5.75 Å². The number of hydrogen-bond donors (Lipinski definition) is 1. The van der Waals surface area contributed by atoms with E-state index in [9.17, 15) is 9.59 Å². The minimum Gasteiger partial charge on any atom is -0.482 e. The van der Waals surface area contributed by atoms with Gasteiger partial charge in [-0.2, -0.15) is 5.26 Å². The van der Waals surface area contributed by atoms with Crippen molar-refractivity contribution in [3.63, 3.8) is 0 Å². The third-order valence-electron chi connectivity index (χ3n) is 2.43. The summed E-state index contributed by atoms with van der Waals surface area (Å²) in [4.78, 5) is 23.0. The highest BCUT2D eigenvalue weighted by atomic mass is 79.9. The van der Waals surface area contributed by atoms with E-state index in [4.69, 9.17) is 20.1 Å². The van der Waals surface area contributed by atoms with Crippen LogP contribution < -0.4 is 4.74 Å². The van der Waals surface area contributed by atoms with E-state index in [1.807, 2.05) is 0 Å². The fraction of sp³-hybridized carbons (Fsp3) is 0.286. The molecule has 0 heterocycles. The molecular weight excluding hydrogens is 340 g/mol. The van der Waals surface area contributed by atoms with Gasteiger partial charge < -0.3 is 14.9 Å². The van der Waals surface area contributed by atoms with E-state index >= 15 is 0 Å². The number of hydrogen-bond acceptors (Lipinski definition) is 6. The van der Waals surface area contributed by atoms with Crippen molar-refractivity contribution in [3.05, 3.63) is 28.7 Å². The molecule has 1 rings (SSSR count). The molecule has 6 nitrogen and oxygen atoms in total. The standard InChI is InChI=1S/C14H13BrN2O4/c1-9(17)12(6-16)13(18)7-21-14(19)8-20-11-4-2-10(15)3-5-11/h2-5,12,17H,7-8H2,1H3. The number of carbonyl (C=O) groups is 2. The summed E-state index contributed by atoms with van der Waals surface area (Å²) in [5.74, 6) is -2.02. The molecule has 7 heteroatoms. The summed E-state index contributed by atoms with van der Waals surface area (Å²) in [5.41, 5.74) is -0.0790. The van der Waals surface area contributed by atoms with Gasteiger partial charge in [0.05, 0.1) is 6.07 Å². The second kappa shape index (κ2) is 8.17. The van der Waals surface area contributed by atoms with Crippen LogP contribution in [0.15, 0.2) is 28.7 Å². The molecule has 1 unspecified atom stereocenters. The highest BCUT2D eigenvalue weighted by Crippen LogP contribution is 2.15. The van der Waals surface area contributed by atoms with Gasteiger partial charge in [0.15, 0.2) is 19.0 Å². The topological polar surface area (TPSA) is 100 Å². The lowest BCUT2D eigenvalue weighted by atomic mass is 10.0. The molecule has 1 atom stereocenters. The Labute approximate surface area is 130 Å². The second-order valence-electron chi connectivity index (χ2n) is 4.11. The zero-order valence-corrected chi connectivity index (χ0v) is 12.8. The highest BCUT2D eigenvalue weighted by molar-refractivity contribution is 9.10. The van der Waals surface area contributed by atoms with Crippen molar-refractivity contribution < 1.29 is 19.1 Å². The van der Waals surface area contributed by atoms with Crippen LogP contribution >= 0.6 is 15.9 Å². The fourth-order valence-corrected chi connectivity index (χ4v) is 1.62. The Morgan fingerprint density at radius 3 is 2.48 bits per heavy atom. The average molecular weight is 353 g/mol. The van der Waals surface area contributed by atoms with E-state index in [1.165, 1.54) is 6.92 Å². The van der Waals surface area contributed by atoms with Crippen molar-refractivity contribution in [2.24, 2.45) is 5.92 Å². The number of rotatable bonds is 7. The lowest BCUT2D eigenvalue weighted by Crippen LogP contribution is -2.27. The van der Waals surface area contributed by atoms with Gasteiger partial charge in [0.1, 0.15) is 11.7 Å². The third-order valence-corrected chi connectivity index (χ3v) is 2.96. The molecule has 0 fully saturated rings. The lowest BCUT2D eigenvalue weighted by molar-refractivity contribution is -0.150. The van der Waals surface area contributed by atoms with Crippen LogP contribution in [-0.4, -0.2) is 30.7 Å². The molecular formula is C14H13BrN2O4. The van der Waals surface area contributed by atoms with E-state index in [0.717, 1.165) is 4.47 Å². The van der Waals surface area contributed by atoms with E-state index in [-0.39, 0.29) is 12.3 Å². The quantitative estimate of drug-likeness (QED) is 0.598. The molecule has 1 N–H and O–H groups in total. The maximum absolute atomic E-state index is 11.5. The maximum atomic E-state index is 11.5. The van der Waals surface area contributed by atoms with Crippen LogP contribution in [0, 0.1) is 22.7 Å². The van der Waals surface area contributed by atoms with Crippen molar-refractivity contribution in [2.45, 2.75) is 6.92 Å². The number of nitrogens with zero attached hydrogens (tertiary/aromatic N) is 1. The minimum absolute atomic E-state index is 0.0790. The summed E-state index contributed by atoms with van der Waals surface area (Å²) >= 11 is 3.27. The smallest absolute Gasteiger partial charge is 0.344 e. The van der Waals surface area contributed by atoms with E-state index in [1.54, 1.807) is 30.3 Å². The normalized spacial score (nSPS) is 11.1. The van der Waals surface area contributed by atoms with Gasteiger partial charge in [0.2, 0.25) is 0 Å². The molecule has 110 valence electrons. The van der Waals surface area contributed by atoms with Gasteiger partial charge in [-0.1, -0.05) is 15.9 Å². The predicted molar refractivity (Wildman–Crippen MR) is 78.1 cm³/mol. The summed E-state index contributed by atoms with van der Waals surface area (Å²) in [6.45, 7) is 0.469. The lowest BCUT2D eigenvalue weighted by Gasteiger charge is -2.08. The number of ketones is 1. The number of nitrogens with one attached hydrogen (secondary N) is 1. The molecule has 0 radical (unpaired) electrons. The molecule has 0 aliphatic rings. The molecule has 0 aliphatic carbocycles. The second-order valence-corrected chi connectivity index (χ2v) is 5.03. The fourth-order valence-electron chi connectivity index (χ4n) is 1.36. The molecule has 0 aliphatic heterocycles. The zero-order valence-electron chi connectivity index (χ0n) is 11.3. The molecule has 21 heavy (non-hydrogen) atoms. The van der Waals surface area contributed by atoms with Crippen LogP contribution in [0.3, 0.4) is 0 Å². The highest BCUT2D eigenvalue weighted by Gasteiger charge is 2.21. The van der Waals surface area contributed by atoms with Crippen molar-refractivity contribution in [1.29, 1.82) is 10.7 Å². The molecule has 1 aromatic carbocycles. The summed E-state index contributed by atoms with van der Waals surface area (Å²) < 4.78 is 10.8. The molecule has 0 spiro atoms. The Morgan fingerprint density at radius 1 is 1.33 bits per heavy atom. The molecule has 0 aromatic heterocycles. The Morgan fingerprint density at radius 2 is 1.95 bits per heavy atom. The average Bonchev–Trinajstić information content (AvgIpc) is 2.45. The van der Waals surface area contributed by atoms with Gasteiger partial charge in [0.25, 0.3) is 0 Å². The third kappa shape index (κ3) is 5.75. The maximum Gasteiger partial charge on any atom is 0.344 e. The Kier molecular flexibility index (Phi) is 6.56. The first-order chi connectivity index (χ1) is 9.93. The SMILES string of the molecule is CC(=N)C(C#N)C(=O)COC(=O)COc1ccc(Br)cc1. The van der Waals surface area contributed by atoms with Crippen LogP contribution in [0.1, 0.15) is 6.92 Å². The Hall–Kier alpha value is -2.20. The minimum atomic E-state index is -1.18. The summed E-state index contributed by atoms with van der Waals surface area (Å²) in [7, 11) is 0. The molecule has 0 bridgehead atoms. The zero-order chi connectivity index (χ0) is 15.8. The number of Topliss-reactive ketones (excluding diaryl/α,β-unsaturated/α-hetero) is 1. The van der Waals surface area contributed by atoms with Gasteiger partial charge in [-0.15, -0.1) is 0 Å². The first-order valence-electron chi connectivity index (χ1n) is 5.95. The van der Waals surface area contributed by atoms with Gasteiger partial charge in [-0.3, -0.25) is 4.79 Å².